The van der Waals surface area contributed by atoms with E-state index in [1.54, 1.807) is 10.9 Å². The highest BCUT2D eigenvalue weighted by molar-refractivity contribution is 5.93. The minimum absolute atomic E-state index is 0.567. The first kappa shape index (κ1) is 21.2. The maximum atomic E-state index is 11.0. The van der Waals surface area contributed by atoms with Gasteiger partial charge in [-0.05, 0) is 35.7 Å². The number of rotatable bonds is 7. The van der Waals surface area contributed by atoms with Crippen molar-refractivity contribution in [1.82, 2.24) is 14.8 Å². The molecule has 8 nitrogen and oxygen atoms in total. The first-order valence-corrected chi connectivity index (χ1v) is 10.1. The molecule has 0 radical (unpaired) electrons. The third kappa shape index (κ3) is 4.21. The largest absolute Gasteiger partial charge is 0.480 e. The van der Waals surface area contributed by atoms with Gasteiger partial charge in [-0.25, -0.2) is 9.78 Å². The Bertz CT molecular complexity index is 1300. The van der Waals surface area contributed by atoms with E-state index >= 15 is 0 Å². The fraction of sp³-hybridized carbons (Fsp3) is 0.167. The Morgan fingerprint density at radius 2 is 2.00 bits per heavy atom. The zero-order chi connectivity index (χ0) is 22.7. The molecule has 2 heterocycles. The Balaban J connectivity index is 1.65. The summed E-state index contributed by atoms with van der Waals surface area (Å²) in [4.78, 5) is 19.4. The fourth-order valence-electron chi connectivity index (χ4n) is 3.50. The van der Waals surface area contributed by atoms with E-state index in [1.165, 1.54) is 6.21 Å². The van der Waals surface area contributed by atoms with E-state index in [2.05, 4.69) is 45.5 Å². The second-order valence-corrected chi connectivity index (χ2v) is 7.39. The van der Waals surface area contributed by atoms with E-state index in [0.717, 1.165) is 27.9 Å². The van der Waals surface area contributed by atoms with Gasteiger partial charge in [0, 0.05) is 30.7 Å². The van der Waals surface area contributed by atoms with E-state index in [4.69, 9.17) is 10.2 Å². The van der Waals surface area contributed by atoms with Crippen molar-refractivity contribution in [2.24, 2.45) is 12.0 Å². The molecule has 4 rings (SSSR count). The molecule has 0 amide bonds. The van der Waals surface area contributed by atoms with Crippen molar-refractivity contribution >= 4 is 34.7 Å². The van der Waals surface area contributed by atoms with E-state index in [0.29, 0.717) is 16.9 Å². The maximum Gasteiger partial charge on any atom is 0.330 e. The summed E-state index contributed by atoms with van der Waals surface area (Å²) in [6.07, 6.45) is 3.00. The highest BCUT2D eigenvalue weighted by atomic mass is 16.4. The van der Waals surface area contributed by atoms with Gasteiger partial charge in [-0.1, -0.05) is 42.5 Å². The van der Waals surface area contributed by atoms with Crippen molar-refractivity contribution < 1.29 is 15.0 Å². The molecule has 0 bridgehead atoms. The molecule has 162 valence electrons. The van der Waals surface area contributed by atoms with Crippen LogP contribution in [0.1, 0.15) is 11.1 Å². The van der Waals surface area contributed by atoms with Gasteiger partial charge < -0.3 is 15.5 Å². The van der Waals surface area contributed by atoms with Crippen LogP contribution in [0.4, 0.5) is 11.5 Å². The summed E-state index contributed by atoms with van der Waals surface area (Å²) in [6, 6.07) is 16.9. The maximum absolute atomic E-state index is 11.0. The smallest absolute Gasteiger partial charge is 0.330 e. The Hall–Kier alpha value is -4.04. The molecule has 2 aromatic heterocycles. The number of aliphatic imine (C=N–C) groups is 1. The van der Waals surface area contributed by atoms with E-state index in [1.807, 2.05) is 43.4 Å². The van der Waals surface area contributed by atoms with Crippen molar-refractivity contribution in [3.8, 4) is 11.1 Å². The number of carbonyl (C=O) groups is 1. The number of carboxylic acid groups (broad SMARTS) is 1. The summed E-state index contributed by atoms with van der Waals surface area (Å²) in [5.41, 5.74) is 6.39. The number of aliphatic carboxylic acids is 1. The molecule has 0 saturated carbocycles. The number of carboxylic acids is 1. The molecule has 0 fully saturated rings. The molecular formula is C24H23N5O3. The number of aryl methyl sites for hydroxylation is 1. The Morgan fingerprint density at radius 1 is 1.22 bits per heavy atom. The third-order valence-corrected chi connectivity index (χ3v) is 5.24. The van der Waals surface area contributed by atoms with Gasteiger partial charge in [-0.3, -0.25) is 9.67 Å². The highest BCUT2D eigenvalue weighted by Gasteiger charge is 2.15. The Labute approximate surface area is 184 Å². The number of pyridine rings is 1. The van der Waals surface area contributed by atoms with Gasteiger partial charge in [0.05, 0.1) is 12.1 Å². The number of aromatic nitrogens is 3. The number of fused-ring (bicyclic) bond motifs is 1. The molecule has 0 saturated heterocycles. The lowest BCUT2D eigenvalue weighted by atomic mass is 9.99. The first-order valence-electron chi connectivity index (χ1n) is 10.1. The number of hydrogen-bond donors (Lipinski definition) is 3. The monoisotopic (exact) mass is 429 g/mol. The van der Waals surface area contributed by atoms with Crippen LogP contribution in [-0.4, -0.2) is 49.8 Å². The van der Waals surface area contributed by atoms with Gasteiger partial charge in [-0.15, -0.1) is 0 Å². The van der Waals surface area contributed by atoms with Crippen molar-refractivity contribution in [2.45, 2.75) is 13.0 Å². The molecule has 1 atom stereocenters. The van der Waals surface area contributed by atoms with Crippen LogP contribution in [0, 0.1) is 6.92 Å². The van der Waals surface area contributed by atoms with Crippen LogP contribution in [0.15, 0.2) is 65.8 Å². The molecule has 0 aliphatic rings. The van der Waals surface area contributed by atoms with Gasteiger partial charge in [0.2, 0.25) is 0 Å². The van der Waals surface area contributed by atoms with Crippen molar-refractivity contribution in [3.05, 3.63) is 71.9 Å². The normalized spacial score (nSPS) is 12.3. The van der Waals surface area contributed by atoms with E-state index < -0.39 is 18.6 Å². The molecule has 4 aromatic rings. The lowest BCUT2D eigenvalue weighted by molar-refractivity contribution is -0.139. The van der Waals surface area contributed by atoms with Crippen LogP contribution >= 0.6 is 0 Å². The number of aliphatic hydroxyl groups is 1. The summed E-state index contributed by atoms with van der Waals surface area (Å²) in [5.74, 6) is -0.559. The molecule has 2 aromatic carbocycles. The van der Waals surface area contributed by atoms with Gasteiger partial charge in [0.25, 0.3) is 0 Å². The van der Waals surface area contributed by atoms with Crippen molar-refractivity contribution in [3.63, 3.8) is 0 Å². The lowest BCUT2D eigenvalue weighted by Gasteiger charge is -2.12. The zero-order valence-electron chi connectivity index (χ0n) is 17.7. The Morgan fingerprint density at radius 3 is 2.72 bits per heavy atom. The average molecular weight is 429 g/mol. The van der Waals surface area contributed by atoms with Crippen LogP contribution in [0.5, 0.6) is 0 Å². The predicted octanol–water partition coefficient (Wildman–Crippen LogP) is 3.55. The highest BCUT2D eigenvalue weighted by Crippen LogP contribution is 2.31. The molecule has 8 heteroatoms. The van der Waals surface area contributed by atoms with Gasteiger partial charge in [0.15, 0.2) is 11.9 Å². The number of hydrogen-bond acceptors (Lipinski definition) is 6. The molecular weight excluding hydrogens is 406 g/mol. The van der Waals surface area contributed by atoms with Crippen LogP contribution in [0.2, 0.25) is 0 Å². The molecule has 0 aliphatic heterocycles. The predicted molar refractivity (Wildman–Crippen MR) is 125 cm³/mol. The molecule has 3 N–H and O–H groups in total. The summed E-state index contributed by atoms with van der Waals surface area (Å²) in [5, 5.41) is 26.1. The molecule has 0 spiro atoms. The summed E-state index contributed by atoms with van der Waals surface area (Å²) >= 11 is 0. The third-order valence-electron chi connectivity index (χ3n) is 5.24. The van der Waals surface area contributed by atoms with Crippen molar-refractivity contribution in [2.75, 3.05) is 11.9 Å². The van der Waals surface area contributed by atoms with Gasteiger partial charge in [-0.2, -0.15) is 5.10 Å². The number of aliphatic hydroxyl groups excluding tert-OH is 1. The van der Waals surface area contributed by atoms with E-state index in [9.17, 15) is 4.79 Å². The summed E-state index contributed by atoms with van der Waals surface area (Å²) in [7, 11) is 1.82. The number of benzene rings is 2. The van der Waals surface area contributed by atoms with Crippen molar-refractivity contribution in [1.29, 1.82) is 0 Å². The second kappa shape index (κ2) is 8.99. The van der Waals surface area contributed by atoms with Crippen LogP contribution < -0.4 is 5.32 Å². The minimum Gasteiger partial charge on any atom is -0.480 e. The number of anilines is 2. The summed E-state index contributed by atoms with van der Waals surface area (Å²) in [6.45, 7) is 1.50. The standard InChI is InChI=1S/C24H23N5O3/c1-15-18(17-7-4-3-5-8-17)9-6-10-19(15)27-23-22-21(29(2)28-23)11-16(13-26-22)12-25-20(14-30)24(31)32/h3-13,20,30H,14H2,1-2H3,(H,27,28)(H,31,32)/t20-/m0/s1. The van der Waals surface area contributed by atoms with Crippen LogP contribution in [0.25, 0.3) is 22.2 Å². The van der Waals surface area contributed by atoms with Crippen LogP contribution in [0.3, 0.4) is 0 Å². The lowest BCUT2D eigenvalue weighted by Crippen LogP contribution is -2.22. The van der Waals surface area contributed by atoms with Crippen LogP contribution in [-0.2, 0) is 11.8 Å². The average Bonchev–Trinajstić information content (AvgIpc) is 3.10. The Kier molecular flexibility index (Phi) is 5.96. The zero-order valence-corrected chi connectivity index (χ0v) is 17.7. The number of nitrogens with zero attached hydrogens (tertiary/aromatic N) is 4. The first-order chi connectivity index (χ1) is 15.5. The SMILES string of the molecule is Cc1c(Nc2nn(C)c3cc(C=N[C@@H](CO)C(=O)O)cnc23)cccc1-c1ccccc1. The molecule has 32 heavy (non-hydrogen) atoms. The topological polar surface area (TPSA) is 113 Å². The van der Waals surface area contributed by atoms with E-state index in [-0.39, 0.29) is 0 Å². The van der Waals surface area contributed by atoms with Gasteiger partial charge in [0.1, 0.15) is 5.52 Å². The molecule has 0 unspecified atom stereocenters. The molecule has 0 aliphatic carbocycles. The fourth-order valence-corrected chi connectivity index (χ4v) is 3.50. The second-order valence-electron chi connectivity index (χ2n) is 7.39. The van der Waals surface area contributed by atoms with Gasteiger partial charge >= 0.3 is 5.97 Å². The number of nitrogens with one attached hydrogen (secondary N) is 1. The summed E-state index contributed by atoms with van der Waals surface area (Å²) < 4.78 is 1.71. The minimum atomic E-state index is -1.20. The quantitative estimate of drug-likeness (QED) is 0.387.